The van der Waals surface area contributed by atoms with Crippen molar-refractivity contribution in [1.29, 1.82) is 0 Å². The van der Waals surface area contributed by atoms with E-state index in [4.69, 9.17) is 13.8 Å². The van der Waals surface area contributed by atoms with Gasteiger partial charge in [-0.2, -0.15) is 0 Å². The SMILES string of the molecule is CC/C=C\C/C=C\C/C=C\C/C=C\C/C=C\CCCCCCCCCC(=O)OCC(O)COP(=O)(O)OCCNC(=O)CCCCCCCC/C=C\C/C=C\C/C=C\CCCCC. The largest absolute Gasteiger partial charge is 0.472 e. The molecule has 0 aromatic heterocycles. The summed E-state index contributed by atoms with van der Waals surface area (Å²) in [5.74, 6) is -0.546. The molecule has 0 saturated heterocycles. The third-order valence-electron chi connectivity index (χ3n) is 10.00. The summed E-state index contributed by atoms with van der Waals surface area (Å²) < 4.78 is 27.0. The second-order valence-electron chi connectivity index (χ2n) is 16.0. The van der Waals surface area contributed by atoms with Crippen molar-refractivity contribution in [3.05, 3.63) is 97.2 Å². The van der Waals surface area contributed by atoms with Crippen molar-refractivity contribution in [2.75, 3.05) is 26.4 Å². The second-order valence-corrected chi connectivity index (χ2v) is 17.5. The summed E-state index contributed by atoms with van der Waals surface area (Å²) in [7, 11) is -4.44. The molecule has 0 aromatic carbocycles. The van der Waals surface area contributed by atoms with Crippen LogP contribution >= 0.6 is 7.82 Å². The predicted molar refractivity (Wildman–Crippen MR) is 265 cm³/mol. The van der Waals surface area contributed by atoms with Gasteiger partial charge in [0, 0.05) is 19.4 Å². The van der Waals surface area contributed by atoms with Gasteiger partial charge in [0.15, 0.2) is 0 Å². The van der Waals surface area contributed by atoms with Crippen molar-refractivity contribution in [3.8, 4) is 0 Å². The van der Waals surface area contributed by atoms with Crippen molar-refractivity contribution in [1.82, 2.24) is 5.32 Å². The van der Waals surface area contributed by atoms with Crippen LogP contribution in [0.1, 0.15) is 194 Å². The minimum atomic E-state index is -4.44. The Morgan fingerprint density at radius 1 is 0.508 bits per heavy atom. The Balaban J connectivity index is 3.64. The van der Waals surface area contributed by atoms with Crippen LogP contribution < -0.4 is 5.32 Å². The van der Waals surface area contributed by atoms with E-state index in [0.717, 1.165) is 109 Å². The summed E-state index contributed by atoms with van der Waals surface area (Å²) in [5.41, 5.74) is 0. The van der Waals surface area contributed by atoms with Crippen molar-refractivity contribution >= 4 is 19.7 Å². The van der Waals surface area contributed by atoms with E-state index in [0.29, 0.717) is 6.42 Å². The lowest BCUT2D eigenvalue weighted by atomic mass is 10.1. The fraction of sp³-hybridized carbons (Fsp3) is 0.660. The lowest BCUT2D eigenvalue weighted by Gasteiger charge is -2.15. The Labute approximate surface area is 385 Å². The molecule has 0 spiro atoms. The average molecular weight is 900 g/mol. The van der Waals surface area contributed by atoms with Gasteiger partial charge < -0.3 is 20.1 Å². The molecule has 0 aliphatic heterocycles. The molecule has 0 saturated carbocycles. The molecule has 9 nitrogen and oxygen atoms in total. The summed E-state index contributed by atoms with van der Waals surface area (Å²) in [6.45, 7) is 3.38. The minimum Gasteiger partial charge on any atom is -0.463 e. The first-order chi connectivity index (χ1) is 30.8. The number of nitrogens with one attached hydrogen (secondary N) is 1. The highest BCUT2D eigenvalue weighted by atomic mass is 31.2. The highest BCUT2D eigenvalue weighted by Gasteiger charge is 2.23. The van der Waals surface area contributed by atoms with Crippen LogP contribution in [0.4, 0.5) is 0 Å². The summed E-state index contributed by atoms with van der Waals surface area (Å²) in [4.78, 5) is 34.1. The summed E-state index contributed by atoms with van der Waals surface area (Å²) in [6, 6.07) is 0. The van der Waals surface area contributed by atoms with Gasteiger partial charge >= 0.3 is 13.8 Å². The number of carbonyl (C=O) groups is 2. The Morgan fingerprint density at radius 2 is 0.905 bits per heavy atom. The first-order valence-corrected chi connectivity index (χ1v) is 26.2. The van der Waals surface area contributed by atoms with Gasteiger partial charge in [0.25, 0.3) is 0 Å². The van der Waals surface area contributed by atoms with E-state index >= 15 is 0 Å². The number of phosphoric acid groups is 1. The van der Waals surface area contributed by atoms with E-state index < -0.39 is 26.5 Å². The minimum absolute atomic E-state index is 0.0677. The quantitative estimate of drug-likeness (QED) is 0.0238. The van der Waals surface area contributed by atoms with Gasteiger partial charge in [-0.1, -0.05) is 182 Å². The Kier molecular flexibility index (Phi) is 46.0. The molecule has 0 radical (unpaired) electrons. The van der Waals surface area contributed by atoms with Crippen LogP contribution in [-0.2, 0) is 27.9 Å². The number of rotatable bonds is 45. The van der Waals surface area contributed by atoms with Crippen LogP contribution in [-0.4, -0.2) is 54.3 Å². The molecule has 0 aliphatic rings. The third-order valence-corrected chi connectivity index (χ3v) is 11.0. The van der Waals surface area contributed by atoms with Crippen LogP contribution in [0.3, 0.4) is 0 Å². The monoisotopic (exact) mass is 900 g/mol. The molecule has 2 unspecified atom stereocenters. The Bertz CT molecular complexity index is 1350. The van der Waals surface area contributed by atoms with Gasteiger partial charge in [-0.25, -0.2) is 4.57 Å². The van der Waals surface area contributed by atoms with Gasteiger partial charge in [0.05, 0.1) is 13.2 Å². The molecule has 63 heavy (non-hydrogen) atoms. The van der Waals surface area contributed by atoms with Crippen LogP contribution in [0.2, 0.25) is 0 Å². The zero-order valence-corrected chi connectivity index (χ0v) is 40.6. The van der Waals surface area contributed by atoms with Crippen LogP contribution in [0.25, 0.3) is 0 Å². The smallest absolute Gasteiger partial charge is 0.463 e. The first kappa shape index (κ1) is 59.9. The van der Waals surface area contributed by atoms with E-state index in [-0.39, 0.29) is 32.1 Å². The van der Waals surface area contributed by atoms with Gasteiger partial charge in [0.2, 0.25) is 5.91 Å². The molecule has 0 aliphatic carbocycles. The normalized spacial score (nSPS) is 14.0. The second kappa shape index (κ2) is 48.4. The molecular formula is C53H90NO8P. The summed E-state index contributed by atoms with van der Waals surface area (Å²) >= 11 is 0. The maximum Gasteiger partial charge on any atom is 0.472 e. The Hall–Kier alpha value is -3.07. The van der Waals surface area contributed by atoms with E-state index in [1.54, 1.807) is 0 Å². The molecular weight excluding hydrogens is 810 g/mol. The number of aliphatic hydroxyl groups excluding tert-OH is 1. The highest BCUT2D eigenvalue weighted by molar-refractivity contribution is 7.47. The van der Waals surface area contributed by atoms with Crippen molar-refractivity contribution < 1.29 is 37.9 Å². The zero-order valence-electron chi connectivity index (χ0n) is 39.7. The van der Waals surface area contributed by atoms with E-state index in [9.17, 15) is 24.2 Å². The number of unbranched alkanes of at least 4 members (excludes halogenated alkanes) is 16. The first-order valence-electron chi connectivity index (χ1n) is 24.7. The molecule has 2 atom stereocenters. The number of amides is 1. The fourth-order valence-electron chi connectivity index (χ4n) is 6.30. The standard InChI is InChI=1S/C53H90NO8P/c1-3-5-7-9-11-13-15-17-19-21-23-24-25-26-28-30-32-34-36-38-40-42-44-46-53(57)60-49-51(55)50-62-63(58,59)61-48-47-54-52(56)45-43-41-39-37-35-33-31-29-27-22-20-18-16-14-12-10-8-6-4-2/h5,7,11-14,17-20,23-24,26-29,51,55H,3-4,6,8-10,15-16,21-22,25,30-50H2,1-2H3,(H,54,56)(H,58,59)/b7-5-,13-11-,14-12-,19-17-,20-18-,24-23-,28-26-,29-27-. The van der Waals surface area contributed by atoms with Gasteiger partial charge in [-0.15, -0.1) is 0 Å². The Morgan fingerprint density at radius 3 is 1.37 bits per heavy atom. The predicted octanol–water partition coefficient (Wildman–Crippen LogP) is 14.6. The van der Waals surface area contributed by atoms with E-state index in [1.165, 1.54) is 57.8 Å². The number of phosphoric ester groups is 1. The lowest BCUT2D eigenvalue weighted by molar-refractivity contribution is -0.147. The maximum absolute atomic E-state index is 12.1. The van der Waals surface area contributed by atoms with Crippen LogP contribution in [0, 0.1) is 0 Å². The van der Waals surface area contributed by atoms with Gasteiger partial charge in [-0.3, -0.25) is 18.6 Å². The summed E-state index contributed by atoms with van der Waals surface area (Å²) in [5, 5.41) is 12.7. The average Bonchev–Trinajstić information content (AvgIpc) is 3.27. The molecule has 0 bridgehead atoms. The summed E-state index contributed by atoms with van der Waals surface area (Å²) in [6.07, 6.45) is 63.3. The van der Waals surface area contributed by atoms with Crippen molar-refractivity contribution in [3.63, 3.8) is 0 Å². The third kappa shape index (κ3) is 49.8. The number of esters is 1. The number of carbonyl (C=O) groups excluding carboxylic acids is 2. The van der Waals surface area contributed by atoms with Crippen LogP contribution in [0.5, 0.6) is 0 Å². The van der Waals surface area contributed by atoms with Crippen molar-refractivity contribution in [2.24, 2.45) is 0 Å². The number of aliphatic hydroxyl groups is 1. The number of hydrogen-bond acceptors (Lipinski definition) is 7. The molecule has 360 valence electrons. The molecule has 0 rings (SSSR count). The van der Waals surface area contributed by atoms with E-state index in [2.05, 4.69) is 116 Å². The topological polar surface area (TPSA) is 131 Å². The number of hydrogen-bond donors (Lipinski definition) is 3. The number of allylic oxidation sites excluding steroid dienone is 16. The number of ether oxygens (including phenoxy) is 1. The highest BCUT2D eigenvalue weighted by Crippen LogP contribution is 2.42. The van der Waals surface area contributed by atoms with Gasteiger partial charge in [-0.05, 0) is 96.3 Å². The lowest BCUT2D eigenvalue weighted by Crippen LogP contribution is -2.27. The molecule has 10 heteroatoms. The molecule has 3 N–H and O–H groups in total. The van der Waals surface area contributed by atoms with E-state index in [1.807, 2.05) is 0 Å². The molecule has 0 fully saturated rings. The molecule has 1 amide bonds. The zero-order chi connectivity index (χ0) is 46.0. The van der Waals surface area contributed by atoms with Gasteiger partial charge in [0.1, 0.15) is 12.7 Å². The maximum atomic E-state index is 12.1. The van der Waals surface area contributed by atoms with Crippen LogP contribution in [0.15, 0.2) is 97.2 Å². The molecule has 0 aromatic rings. The molecule has 0 heterocycles. The van der Waals surface area contributed by atoms with Crippen molar-refractivity contribution in [2.45, 2.75) is 200 Å². The fourth-order valence-corrected chi connectivity index (χ4v) is 7.05.